The number of nitrogens with zero attached hydrogens (tertiary/aromatic N) is 3. The van der Waals surface area contributed by atoms with Crippen LogP contribution in [0.3, 0.4) is 0 Å². The van der Waals surface area contributed by atoms with Gasteiger partial charge in [0, 0.05) is 18.9 Å². The molecule has 1 atom stereocenters. The molecular weight excluding hydrogens is 340 g/mol. The van der Waals surface area contributed by atoms with Crippen LogP contribution in [0.2, 0.25) is 0 Å². The third-order valence-electron chi connectivity index (χ3n) is 5.03. The lowest BCUT2D eigenvalue weighted by Crippen LogP contribution is -2.26. The Morgan fingerprint density at radius 3 is 2.93 bits per heavy atom. The zero-order chi connectivity index (χ0) is 19.2. The lowest BCUT2D eigenvalue weighted by Gasteiger charge is -2.20. The minimum absolute atomic E-state index is 0.0375. The Balaban J connectivity index is 1.87. The average molecular weight is 370 g/mol. The van der Waals surface area contributed by atoms with Crippen molar-refractivity contribution in [1.82, 2.24) is 9.55 Å². The third-order valence-corrected chi connectivity index (χ3v) is 5.03. The Labute approximate surface area is 160 Å². The summed E-state index contributed by atoms with van der Waals surface area (Å²) in [5.41, 5.74) is 4.91. The van der Waals surface area contributed by atoms with Gasteiger partial charge in [0.25, 0.3) is 5.56 Å². The molecule has 0 spiro atoms. The average Bonchev–Trinajstić information content (AvgIpc) is 2.66. The Kier molecular flexibility index (Phi) is 6.61. The van der Waals surface area contributed by atoms with Gasteiger partial charge in [0.05, 0.1) is 17.0 Å². The Hall–Kier alpha value is -2.21. The highest BCUT2D eigenvalue weighted by molar-refractivity contribution is 5.87. The van der Waals surface area contributed by atoms with Crippen molar-refractivity contribution in [3.63, 3.8) is 0 Å². The highest BCUT2D eigenvalue weighted by Gasteiger charge is 2.16. The fourth-order valence-electron chi connectivity index (χ4n) is 3.46. The van der Waals surface area contributed by atoms with Crippen LogP contribution in [0.25, 0.3) is 10.9 Å². The summed E-state index contributed by atoms with van der Waals surface area (Å²) in [5, 5.41) is 5.24. The number of para-hydroxylation sites is 1. The maximum absolute atomic E-state index is 13.0. The summed E-state index contributed by atoms with van der Waals surface area (Å²) in [7, 11) is 0. The number of hydrogen-bond acceptors (Lipinski definition) is 5. The van der Waals surface area contributed by atoms with E-state index >= 15 is 0 Å². The van der Waals surface area contributed by atoms with E-state index in [1.54, 1.807) is 4.57 Å². The van der Waals surface area contributed by atoms with Gasteiger partial charge >= 0.3 is 0 Å². The first-order valence-corrected chi connectivity index (χ1v) is 10.00. The van der Waals surface area contributed by atoms with Crippen LogP contribution in [0.15, 0.2) is 34.2 Å². The topological polar surface area (TPSA) is 68.5 Å². The summed E-state index contributed by atoms with van der Waals surface area (Å²) in [6.45, 7) is 7.40. The molecule has 1 heterocycles. The van der Waals surface area contributed by atoms with Crippen molar-refractivity contribution in [3.05, 3.63) is 34.6 Å². The number of benzene rings is 1. The first kappa shape index (κ1) is 19.5. The maximum atomic E-state index is 13.0. The van der Waals surface area contributed by atoms with Crippen molar-refractivity contribution in [1.29, 1.82) is 0 Å². The highest BCUT2D eigenvalue weighted by Crippen LogP contribution is 2.21. The maximum Gasteiger partial charge on any atom is 0.262 e. The quantitative estimate of drug-likeness (QED) is 0.586. The summed E-state index contributed by atoms with van der Waals surface area (Å²) in [5.74, 6) is 0.986. The molecule has 27 heavy (non-hydrogen) atoms. The minimum atomic E-state index is -0.0375. The van der Waals surface area contributed by atoms with Crippen molar-refractivity contribution in [3.8, 4) is 0 Å². The van der Waals surface area contributed by atoms with Gasteiger partial charge in [0.1, 0.15) is 0 Å². The van der Waals surface area contributed by atoms with Gasteiger partial charge < -0.3 is 4.74 Å². The molecule has 1 N–H and O–H groups in total. The van der Waals surface area contributed by atoms with Crippen molar-refractivity contribution < 1.29 is 4.74 Å². The van der Waals surface area contributed by atoms with E-state index in [1.165, 1.54) is 25.0 Å². The molecule has 1 aliphatic carbocycles. The molecule has 1 aromatic heterocycles. The van der Waals surface area contributed by atoms with E-state index in [4.69, 9.17) is 4.74 Å². The molecule has 1 saturated carbocycles. The van der Waals surface area contributed by atoms with Crippen LogP contribution in [0.5, 0.6) is 0 Å². The van der Waals surface area contributed by atoms with Crippen LogP contribution in [-0.2, 0) is 11.3 Å². The highest BCUT2D eigenvalue weighted by atomic mass is 16.5. The van der Waals surface area contributed by atoms with Gasteiger partial charge in [0.2, 0.25) is 5.95 Å². The number of rotatable bonds is 7. The molecule has 6 nitrogen and oxygen atoms in total. The molecule has 0 saturated heterocycles. The lowest BCUT2D eigenvalue weighted by molar-refractivity contribution is 0.0748. The van der Waals surface area contributed by atoms with Gasteiger partial charge in [-0.2, -0.15) is 5.10 Å². The van der Waals surface area contributed by atoms with E-state index in [0.29, 0.717) is 35.9 Å². The summed E-state index contributed by atoms with van der Waals surface area (Å²) < 4.78 is 7.30. The van der Waals surface area contributed by atoms with Crippen molar-refractivity contribution in [2.24, 2.45) is 11.0 Å². The molecule has 1 fully saturated rings. The zero-order valence-corrected chi connectivity index (χ0v) is 16.6. The molecule has 0 unspecified atom stereocenters. The number of anilines is 1. The summed E-state index contributed by atoms with van der Waals surface area (Å²) in [6, 6.07) is 7.46. The minimum Gasteiger partial charge on any atom is -0.379 e. The summed E-state index contributed by atoms with van der Waals surface area (Å²) >= 11 is 0. The predicted octanol–water partition coefficient (Wildman–Crippen LogP) is 4.19. The Morgan fingerprint density at radius 1 is 1.33 bits per heavy atom. The van der Waals surface area contributed by atoms with Crippen LogP contribution in [-0.4, -0.2) is 28.0 Å². The third kappa shape index (κ3) is 4.95. The molecule has 3 rings (SSSR count). The van der Waals surface area contributed by atoms with Crippen LogP contribution in [0.1, 0.15) is 52.9 Å². The zero-order valence-electron chi connectivity index (χ0n) is 16.6. The Morgan fingerprint density at radius 2 is 2.15 bits per heavy atom. The second-order valence-corrected chi connectivity index (χ2v) is 7.54. The number of hydrogen-bond donors (Lipinski definition) is 1. The molecular formula is C21H30N4O2. The molecule has 146 valence electrons. The van der Waals surface area contributed by atoms with Crippen molar-refractivity contribution >= 4 is 22.6 Å². The van der Waals surface area contributed by atoms with Gasteiger partial charge in [-0.25, -0.2) is 10.4 Å². The summed E-state index contributed by atoms with van der Waals surface area (Å²) in [6.07, 6.45) is 5.55. The summed E-state index contributed by atoms with van der Waals surface area (Å²) in [4.78, 5) is 17.6. The van der Waals surface area contributed by atoms with E-state index in [2.05, 4.69) is 22.4 Å². The van der Waals surface area contributed by atoms with E-state index in [9.17, 15) is 4.79 Å². The van der Waals surface area contributed by atoms with Gasteiger partial charge in [0.15, 0.2) is 0 Å². The first-order chi connectivity index (χ1) is 13.1. The monoisotopic (exact) mass is 370 g/mol. The van der Waals surface area contributed by atoms with E-state index in [0.717, 1.165) is 12.8 Å². The fraction of sp³-hybridized carbons (Fsp3) is 0.571. The smallest absolute Gasteiger partial charge is 0.262 e. The van der Waals surface area contributed by atoms with Crippen LogP contribution >= 0.6 is 0 Å². The molecule has 1 aliphatic rings. The van der Waals surface area contributed by atoms with Gasteiger partial charge in [-0.1, -0.05) is 25.5 Å². The SMILES string of the molecule is CC(C)OCCCn1c(NN=C2CCCC[C@H]2C)nc2ccccc2c1=O. The molecule has 1 aromatic carbocycles. The van der Waals surface area contributed by atoms with Crippen LogP contribution in [0.4, 0.5) is 5.95 Å². The predicted molar refractivity (Wildman–Crippen MR) is 110 cm³/mol. The van der Waals surface area contributed by atoms with Gasteiger partial charge in [-0.15, -0.1) is 0 Å². The molecule has 0 amide bonds. The molecule has 2 aromatic rings. The standard InChI is InChI=1S/C21H30N4O2/c1-15(2)27-14-8-13-25-20(26)17-10-5-7-12-19(17)22-21(25)24-23-18-11-6-4-9-16(18)3/h5,7,10,12,15-16H,4,6,8-9,11,13-14H2,1-3H3,(H,22,24)/t16-/m1/s1. The second-order valence-electron chi connectivity index (χ2n) is 7.54. The molecule has 0 radical (unpaired) electrons. The Bertz CT molecular complexity index is 857. The molecule has 0 aliphatic heterocycles. The van der Waals surface area contributed by atoms with Crippen molar-refractivity contribution in [2.75, 3.05) is 12.0 Å². The second kappa shape index (κ2) is 9.13. The largest absolute Gasteiger partial charge is 0.379 e. The van der Waals surface area contributed by atoms with Crippen LogP contribution in [0, 0.1) is 5.92 Å². The number of hydrazone groups is 1. The van der Waals surface area contributed by atoms with Gasteiger partial charge in [-0.3, -0.25) is 9.36 Å². The number of ether oxygens (including phenoxy) is 1. The van der Waals surface area contributed by atoms with Crippen molar-refractivity contribution in [2.45, 2.75) is 65.5 Å². The molecule has 6 heteroatoms. The van der Waals surface area contributed by atoms with Crippen LogP contribution < -0.4 is 11.0 Å². The number of aromatic nitrogens is 2. The first-order valence-electron chi connectivity index (χ1n) is 10.00. The lowest BCUT2D eigenvalue weighted by atomic mass is 9.89. The normalized spacial score (nSPS) is 19.1. The van der Waals surface area contributed by atoms with E-state index < -0.39 is 0 Å². The van der Waals surface area contributed by atoms with Gasteiger partial charge in [-0.05, 0) is 57.6 Å². The van der Waals surface area contributed by atoms with E-state index in [-0.39, 0.29) is 11.7 Å². The molecule has 0 bridgehead atoms. The van der Waals surface area contributed by atoms with E-state index in [1.807, 2.05) is 38.1 Å². The fourth-order valence-corrected chi connectivity index (χ4v) is 3.46. The number of fused-ring (bicyclic) bond motifs is 1. The number of nitrogens with one attached hydrogen (secondary N) is 1.